The maximum absolute atomic E-state index is 11.0. The molecule has 0 N–H and O–H groups in total. The highest BCUT2D eigenvalue weighted by molar-refractivity contribution is 8.00. The quantitative estimate of drug-likeness (QED) is 0.591. The van der Waals surface area contributed by atoms with Gasteiger partial charge in [0.15, 0.2) is 0 Å². The molecule has 1 aromatic heterocycles. The third-order valence-electron chi connectivity index (χ3n) is 1.87. The number of esters is 1. The van der Waals surface area contributed by atoms with Crippen LogP contribution in [-0.4, -0.2) is 23.3 Å². The van der Waals surface area contributed by atoms with Gasteiger partial charge in [-0.1, -0.05) is 6.92 Å². The number of pyridine rings is 1. The smallest absolute Gasteiger partial charge is 0.306 e. The van der Waals surface area contributed by atoms with Gasteiger partial charge in [-0.2, -0.15) is 5.26 Å². The number of aromatic nitrogens is 1. The molecule has 0 saturated heterocycles. The summed E-state index contributed by atoms with van der Waals surface area (Å²) in [5.41, 5.74) is 0.393. The van der Waals surface area contributed by atoms with E-state index in [1.807, 2.05) is 19.1 Å². The van der Waals surface area contributed by atoms with Gasteiger partial charge in [0.1, 0.15) is 11.8 Å². The van der Waals surface area contributed by atoms with E-state index in [0.717, 1.165) is 4.90 Å². The molecule has 0 saturated carbocycles. The molecular weight excluding hydrogens is 224 g/mol. The van der Waals surface area contributed by atoms with Crippen LogP contribution in [0.3, 0.4) is 0 Å². The van der Waals surface area contributed by atoms with Crippen molar-refractivity contribution < 1.29 is 9.53 Å². The van der Waals surface area contributed by atoms with Gasteiger partial charge in [0.05, 0.1) is 13.5 Å². The molecule has 1 heterocycles. The summed E-state index contributed by atoms with van der Waals surface area (Å²) >= 11 is 1.53. The first-order valence-corrected chi connectivity index (χ1v) is 5.63. The van der Waals surface area contributed by atoms with Gasteiger partial charge >= 0.3 is 5.97 Å². The fourth-order valence-electron chi connectivity index (χ4n) is 1.11. The summed E-state index contributed by atoms with van der Waals surface area (Å²) in [5.74, 6) is -0.221. The van der Waals surface area contributed by atoms with Crippen LogP contribution in [0.15, 0.2) is 23.2 Å². The summed E-state index contributed by atoms with van der Waals surface area (Å²) in [7, 11) is 1.38. The zero-order valence-electron chi connectivity index (χ0n) is 9.14. The fourth-order valence-corrected chi connectivity index (χ4v) is 2.05. The maximum Gasteiger partial charge on any atom is 0.306 e. The molecule has 0 aliphatic heterocycles. The minimum atomic E-state index is -0.221. The van der Waals surface area contributed by atoms with Crippen molar-refractivity contribution in [2.24, 2.45) is 0 Å². The van der Waals surface area contributed by atoms with Crippen molar-refractivity contribution in [3.63, 3.8) is 0 Å². The summed E-state index contributed by atoms with van der Waals surface area (Å²) < 4.78 is 4.58. The van der Waals surface area contributed by atoms with E-state index in [4.69, 9.17) is 5.26 Å². The van der Waals surface area contributed by atoms with Gasteiger partial charge in [0.2, 0.25) is 0 Å². The summed E-state index contributed by atoms with van der Waals surface area (Å²) in [5, 5.41) is 8.71. The SMILES string of the molecule is COC(=O)CC(C)Sc1ccc(C#N)nc1. The number of carbonyl (C=O) groups excluding carboxylic acids is 1. The van der Waals surface area contributed by atoms with E-state index in [2.05, 4.69) is 9.72 Å². The van der Waals surface area contributed by atoms with Crippen LogP contribution < -0.4 is 0 Å². The fraction of sp³-hybridized carbons (Fsp3) is 0.364. The van der Waals surface area contributed by atoms with Crippen molar-refractivity contribution in [1.82, 2.24) is 4.98 Å². The number of carbonyl (C=O) groups is 1. The van der Waals surface area contributed by atoms with Gasteiger partial charge in [-0.25, -0.2) is 4.98 Å². The Bertz CT molecular complexity index is 397. The number of hydrogen-bond acceptors (Lipinski definition) is 5. The Balaban J connectivity index is 2.53. The third kappa shape index (κ3) is 3.91. The summed E-state index contributed by atoms with van der Waals surface area (Å²) in [6, 6.07) is 5.44. The molecule has 0 radical (unpaired) electrons. The van der Waals surface area contributed by atoms with E-state index >= 15 is 0 Å². The van der Waals surface area contributed by atoms with E-state index in [1.165, 1.54) is 18.9 Å². The lowest BCUT2D eigenvalue weighted by molar-refractivity contribution is -0.140. The zero-order valence-corrected chi connectivity index (χ0v) is 9.95. The first-order valence-electron chi connectivity index (χ1n) is 4.75. The molecule has 1 unspecified atom stereocenters. The Morgan fingerprint density at radius 3 is 2.94 bits per heavy atom. The molecule has 0 fully saturated rings. The van der Waals surface area contributed by atoms with Crippen molar-refractivity contribution in [2.45, 2.75) is 23.5 Å². The predicted molar refractivity (Wildman–Crippen MR) is 60.9 cm³/mol. The highest BCUT2D eigenvalue weighted by atomic mass is 32.2. The number of hydrogen-bond donors (Lipinski definition) is 0. The van der Waals surface area contributed by atoms with E-state index in [-0.39, 0.29) is 11.2 Å². The van der Waals surface area contributed by atoms with Gasteiger partial charge in [-0.15, -0.1) is 11.8 Å². The molecule has 0 aromatic carbocycles. The first-order chi connectivity index (χ1) is 7.65. The second-order valence-electron chi connectivity index (χ2n) is 3.20. The van der Waals surface area contributed by atoms with Gasteiger partial charge in [-0.05, 0) is 12.1 Å². The lowest BCUT2D eigenvalue weighted by atomic mass is 10.3. The lowest BCUT2D eigenvalue weighted by Crippen LogP contribution is -2.08. The van der Waals surface area contributed by atoms with Crippen molar-refractivity contribution >= 4 is 17.7 Å². The summed E-state index contributed by atoms with van der Waals surface area (Å²) in [4.78, 5) is 15.9. The van der Waals surface area contributed by atoms with Crippen LogP contribution in [0.25, 0.3) is 0 Å². The van der Waals surface area contributed by atoms with Crippen LogP contribution >= 0.6 is 11.8 Å². The van der Waals surface area contributed by atoms with Crippen LogP contribution in [0.1, 0.15) is 19.0 Å². The molecule has 0 spiro atoms. The Morgan fingerprint density at radius 1 is 1.69 bits per heavy atom. The van der Waals surface area contributed by atoms with Crippen LogP contribution in [0, 0.1) is 11.3 Å². The van der Waals surface area contributed by atoms with Gasteiger partial charge in [0.25, 0.3) is 0 Å². The number of ether oxygens (including phenoxy) is 1. The van der Waals surface area contributed by atoms with Crippen molar-refractivity contribution in [1.29, 1.82) is 5.26 Å². The Hall–Kier alpha value is -1.54. The molecule has 0 aliphatic rings. The van der Waals surface area contributed by atoms with Crippen LogP contribution in [0.2, 0.25) is 0 Å². The van der Waals surface area contributed by atoms with Crippen LogP contribution in [0.4, 0.5) is 0 Å². The van der Waals surface area contributed by atoms with Gasteiger partial charge < -0.3 is 4.74 Å². The van der Waals surface area contributed by atoms with E-state index < -0.39 is 0 Å². The minimum Gasteiger partial charge on any atom is -0.469 e. The van der Waals surface area contributed by atoms with E-state index in [0.29, 0.717) is 12.1 Å². The molecule has 1 atom stereocenters. The highest BCUT2D eigenvalue weighted by Crippen LogP contribution is 2.24. The van der Waals surface area contributed by atoms with Crippen molar-refractivity contribution in [2.75, 3.05) is 7.11 Å². The zero-order chi connectivity index (χ0) is 12.0. The molecule has 0 aliphatic carbocycles. The largest absolute Gasteiger partial charge is 0.469 e. The summed E-state index contributed by atoms with van der Waals surface area (Å²) in [6.07, 6.45) is 2.00. The topological polar surface area (TPSA) is 63.0 Å². The number of nitrogens with zero attached hydrogens (tertiary/aromatic N) is 2. The number of methoxy groups -OCH3 is 1. The Morgan fingerprint density at radius 2 is 2.44 bits per heavy atom. The third-order valence-corrected chi connectivity index (χ3v) is 2.95. The monoisotopic (exact) mass is 236 g/mol. The first kappa shape index (κ1) is 12.5. The molecule has 4 nitrogen and oxygen atoms in total. The Labute approximate surface area is 98.6 Å². The van der Waals surface area contributed by atoms with Gasteiger partial charge in [-0.3, -0.25) is 4.79 Å². The van der Waals surface area contributed by atoms with Crippen molar-refractivity contribution in [3.8, 4) is 6.07 Å². The molecular formula is C11H12N2O2S. The lowest BCUT2D eigenvalue weighted by Gasteiger charge is -2.08. The second kappa shape index (κ2) is 6.13. The van der Waals surface area contributed by atoms with Crippen LogP contribution in [0.5, 0.6) is 0 Å². The van der Waals surface area contributed by atoms with Crippen molar-refractivity contribution in [3.05, 3.63) is 24.0 Å². The average molecular weight is 236 g/mol. The molecule has 0 amide bonds. The maximum atomic E-state index is 11.0. The van der Waals surface area contributed by atoms with Crippen LogP contribution in [-0.2, 0) is 9.53 Å². The van der Waals surface area contributed by atoms with Gasteiger partial charge in [0, 0.05) is 16.3 Å². The average Bonchev–Trinajstić information content (AvgIpc) is 2.29. The normalized spacial score (nSPS) is 11.6. The number of rotatable bonds is 4. The van der Waals surface area contributed by atoms with E-state index in [1.54, 1.807) is 12.3 Å². The minimum absolute atomic E-state index is 0.127. The molecule has 84 valence electrons. The molecule has 1 aromatic rings. The molecule has 0 bridgehead atoms. The molecule has 1 rings (SSSR count). The number of nitriles is 1. The number of thioether (sulfide) groups is 1. The predicted octanol–water partition coefficient (Wildman–Crippen LogP) is 2.00. The Kier molecular flexibility index (Phi) is 4.80. The summed E-state index contributed by atoms with van der Waals surface area (Å²) in [6.45, 7) is 1.94. The molecule has 16 heavy (non-hydrogen) atoms. The van der Waals surface area contributed by atoms with E-state index in [9.17, 15) is 4.79 Å². The molecule has 5 heteroatoms. The highest BCUT2D eigenvalue weighted by Gasteiger charge is 2.10. The second-order valence-corrected chi connectivity index (χ2v) is 4.71. The standard InChI is InChI=1S/C11H12N2O2S/c1-8(5-11(14)15-2)16-10-4-3-9(6-12)13-7-10/h3-4,7-8H,5H2,1-2H3.